The molecule has 0 amide bonds. The summed E-state index contributed by atoms with van der Waals surface area (Å²) in [6.07, 6.45) is -0.323. The quantitative estimate of drug-likeness (QED) is 0.637. The van der Waals surface area contributed by atoms with Crippen LogP contribution < -0.4 is 0 Å². The number of methoxy groups -OCH3 is 2. The van der Waals surface area contributed by atoms with Crippen LogP contribution in [0, 0.1) is 11.8 Å². The van der Waals surface area contributed by atoms with Crippen LogP contribution in [0.25, 0.3) is 0 Å². The molecule has 1 fully saturated rings. The summed E-state index contributed by atoms with van der Waals surface area (Å²) >= 11 is 0. The Kier molecular flexibility index (Phi) is 8.66. The van der Waals surface area contributed by atoms with Gasteiger partial charge in [0.05, 0.1) is 36.8 Å². The SMILES string of the molecule is CCOC(=O)[C@H]1C[C@@H](C(=O)O)[C@@H](OC)[C@@H](OC(CC)CC)[C@H]1OC. The average molecular weight is 346 g/mol. The third-order valence-electron chi connectivity index (χ3n) is 4.66. The molecular formula is C17H30O7. The standard InChI is InChI=1S/C17H30O7/c1-6-10(7-2)24-15-13(21-4)11(16(18)19)9-12(14(15)22-5)17(20)23-8-3/h10-15H,6-9H2,1-5H3,(H,18,19)/t11-,12+,13-,14+,15-/m1/s1. The van der Waals surface area contributed by atoms with Gasteiger partial charge in [0.2, 0.25) is 0 Å². The van der Waals surface area contributed by atoms with E-state index in [0.29, 0.717) is 0 Å². The van der Waals surface area contributed by atoms with E-state index in [2.05, 4.69) is 0 Å². The van der Waals surface area contributed by atoms with Crippen LogP contribution in [0.1, 0.15) is 40.0 Å². The molecule has 0 aromatic rings. The van der Waals surface area contributed by atoms with E-state index in [1.165, 1.54) is 14.2 Å². The zero-order chi connectivity index (χ0) is 18.3. The van der Waals surface area contributed by atoms with Gasteiger partial charge in [-0.15, -0.1) is 0 Å². The first kappa shape index (κ1) is 20.9. The van der Waals surface area contributed by atoms with Crippen molar-refractivity contribution in [1.29, 1.82) is 0 Å². The number of ether oxygens (including phenoxy) is 4. The molecule has 1 N–H and O–H groups in total. The van der Waals surface area contributed by atoms with Crippen molar-refractivity contribution in [3.05, 3.63) is 0 Å². The van der Waals surface area contributed by atoms with E-state index in [-0.39, 0.29) is 19.1 Å². The van der Waals surface area contributed by atoms with Crippen molar-refractivity contribution in [2.75, 3.05) is 20.8 Å². The third-order valence-corrected chi connectivity index (χ3v) is 4.66. The van der Waals surface area contributed by atoms with Gasteiger partial charge in [0.25, 0.3) is 0 Å². The average Bonchev–Trinajstić information content (AvgIpc) is 2.58. The molecule has 0 saturated heterocycles. The van der Waals surface area contributed by atoms with E-state index in [1.54, 1.807) is 6.92 Å². The minimum atomic E-state index is -1.01. The van der Waals surface area contributed by atoms with Gasteiger partial charge in [-0.1, -0.05) is 13.8 Å². The Morgan fingerprint density at radius 1 is 1.00 bits per heavy atom. The molecule has 1 aliphatic carbocycles. The van der Waals surface area contributed by atoms with Crippen molar-refractivity contribution in [3.63, 3.8) is 0 Å². The summed E-state index contributed by atoms with van der Waals surface area (Å²) in [6.45, 7) is 5.94. The van der Waals surface area contributed by atoms with Crippen LogP contribution >= 0.6 is 0 Å². The fraction of sp³-hybridized carbons (Fsp3) is 0.882. The van der Waals surface area contributed by atoms with E-state index >= 15 is 0 Å². The van der Waals surface area contributed by atoms with Crippen LogP contribution in [0.4, 0.5) is 0 Å². The molecule has 1 rings (SSSR count). The normalized spacial score (nSPS) is 30.3. The number of rotatable bonds is 9. The minimum absolute atomic E-state index is 0.0549. The molecule has 7 heteroatoms. The predicted molar refractivity (Wildman–Crippen MR) is 86.7 cm³/mol. The van der Waals surface area contributed by atoms with Gasteiger partial charge >= 0.3 is 11.9 Å². The number of carbonyl (C=O) groups is 2. The molecule has 24 heavy (non-hydrogen) atoms. The Morgan fingerprint density at radius 2 is 1.54 bits per heavy atom. The third kappa shape index (κ3) is 4.68. The van der Waals surface area contributed by atoms with Crippen molar-refractivity contribution < 1.29 is 33.6 Å². The molecule has 0 heterocycles. The Balaban J connectivity index is 3.17. The van der Waals surface area contributed by atoms with Crippen LogP contribution in [0.5, 0.6) is 0 Å². The topological polar surface area (TPSA) is 91.3 Å². The second-order valence-electron chi connectivity index (χ2n) is 5.98. The lowest BCUT2D eigenvalue weighted by Crippen LogP contribution is -2.58. The van der Waals surface area contributed by atoms with E-state index in [0.717, 1.165) is 12.8 Å². The lowest BCUT2D eigenvalue weighted by Gasteiger charge is -2.44. The van der Waals surface area contributed by atoms with Crippen molar-refractivity contribution in [3.8, 4) is 0 Å². The number of aliphatic carboxylic acids is 1. The number of hydrogen-bond acceptors (Lipinski definition) is 6. The molecule has 0 aliphatic heterocycles. The Hall–Kier alpha value is -1.18. The van der Waals surface area contributed by atoms with Gasteiger partial charge in [-0.05, 0) is 26.2 Å². The summed E-state index contributed by atoms with van der Waals surface area (Å²) in [5.74, 6) is -3.01. The number of carboxylic acids is 1. The first-order valence-corrected chi connectivity index (χ1v) is 8.55. The number of carbonyl (C=O) groups excluding carboxylic acids is 1. The largest absolute Gasteiger partial charge is 0.481 e. The van der Waals surface area contributed by atoms with Gasteiger partial charge in [0, 0.05) is 14.2 Å². The maximum Gasteiger partial charge on any atom is 0.311 e. The summed E-state index contributed by atoms with van der Waals surface area (Å²) < 4.78 is 22.2. The van der Waals surface area contributed by atoms with Gasteiger partial charge in [-0.2, -0.15) is 0 Å². The summed E-state index contributed by atoms with van der Waals surface area (Å²) in [5.41, 5.74) is 0. The van der Waals surface area contributed by atoms with E-state index in [9.17, 15) is 14.7 Å². The Bertz CT molecular complexity index is 408. The Morgan fingerprint density at radius 3 is 1.96 bits per heavy atom. The van der Waals surface area contributed by atoms with Gasteiger partial charge in [0.1, 0.15) is 6.10 Å². The molecule has 0 spiro atoms. The van der Waals surface area contributed by atoms with Gasteiger partial charge in [-0.3, -0.25) is 9.59 Å². The summed E-state index contributed by atoms with van der Waals surface area (Å²) in [6, 6.07) is 0. The lowest BCUT2D eigenvalue weighted by atomic mass is 9.75. The molecule has 0 unspecified atom stereocenters. The predicted octanol–water partition coefficient (Wildman–Crippen LogP) is 1.87. The fourth-order valence-electron chi connectivity index (χ4n) is 3.36. The molecule has 1 aliphatic rings. The molecular weight excluding hydrogens is 316 g/mol. The highest BCUT2D eigenvalue weighted by Crippen LogP contribution is 2.37. The zero-order valence-corrected chi connectivity index (χ0v) is 15.2. The van der Waals surface area contributed by atoms with Gasteiger partial charge in [0.15, 0.2) is 0 Å². The van der Waals surface area contributed by atoms with E-state index in [1.807, 2.05) is 13.8 Å². The first-order chi connectivity index (χ1) is 11.4. The fourth-order valence-corrected chi connectivity index (χ4v) is 3.36. The monoisotopic (exact) mass is 346 g/mol. The molecule has 0 aromatic heterocycles. The van der Waals surface area contributed by atoms with Gasteiger partial charge < -0.3 is 24.1 Å². The summed E-state index contributed by atoms with van der Waals surface area (Å²) in [5, 5.41) is 9.57. The summed E-state index contributed by atoms with van der Waals surface area (Å²) in [4.78, 5) is 24.0. The molecule has 0 radical (unpaired) electrons. The van der Waals surface area contributed by atoms with Crippen molar-refractivity contribution in [1.82, 2.24) is 0 Å². The molecule has 7 nitrogen and oxygen atoms in total. The van der Waals surface area contributed by atoms with E-state index < -0.39 is 42.1 Å². The molecule has 0 bridgehead atoms. The second-order valence-corrected chi connectivity index (χ2v) is 5.98. The van der Waals surface area contributed by atoms with Crippen LogP contribution in [-0.2, 0) is 28.5 Å². The molecule has 1 saturated carbocycles. The number of hydrogen-bond donors (Lipinski definition) is 1. The number of esters is 1. The highest BCUT2D eigenvalue weighted by molar-refractivity contribution is 5.77. The second kappa shape index (κ2) is 9.96. The molecule has 5 atom stereocenters. The van der Waals surface area contributed by atoms with Crippen LogP contribution in [0.2, 0.25) is 0 Å². The van der Waals surface area contributed by atoms with Crippen molar-refractivity contribution in [2.24, 2.45) is 11.8 Å². The number of carboxylic acid groups (broad SMARTS) is 1. The summed E-state index contributed by atoms with van der Waals surface area (Å²) in [7, 11) is 2.95. The Labute approximate surface area is 143 Å². The highest BCUT2D eigenvalue weighted by Gasteiger charge is 2.52. The van der Waals surface area contributed by atoms with Crippen molar-refractivity contribution in [2.45, 2.75) is 64.4 Å². The molecule has 0 aromatic carbocycles. The first-order valence-electron chi connectivity index (χ1n) is 8.55. The lowest BCUT2D eigenvalue weighted by molar-refractivity contribution is -0.210. The van der Waals surface area contributed by atoms with Crippen molar-refractivity contribution >= 4 is 11.9 Å². The maximum absolute atomic E-state index is 12.3. The smallest absolute Gasteiger partial charge is 0.311 e. The highest BCUT2D eigenvalue weighted by atomic mass is 16.6. The van der Waals surface area contributed by atoms with Gasteiger partial charge in [-0.25, -0.2) is 0 Å². The van der Waals surface area contributed by atoms with Crippen LogP contribution in [-0.4, -0.2) is 62.3 Å². The maximum atomic E-state index is 12.3. The van der Waals surface area contributed by atoms with Crippen LogP contribution in [0.3, 0.4) is 0 Å². The zero-order valence-electron chi connectivity index (χ0n) is 15.2. The minimum Gasteiger partial charge on any atom is -0.481 e. The van der Waals surface area contributed by atoms with Crippen LogP contribution in [0.15, 0.2) is 0 Å². The molecule has 140 valence electrons. The van der Waals surface area contributed by atoms with E-state index in [4.69, 9.17) is 18.9 Å².